The molecule has 4 rings (SSSR count). The van der Waals surface area contributed by atoms with Gasteiger partial charge < -0.3 is 10.3 Å². The van der Waals surface area contributed by atoms with E-state index in [9.17, 15) is 0 Å². The average Bonchev–Trinajstić information content (AvgIpc) is 3.03. The fraction of sp³-hybridized carbons (Fsp3) is 0.105. The van der Waals surface area contributed by atoms with Crippen molar-refractivity contribution in [2.75, 3.05) is 5.32 Å². The Labute approximate surface area is 139 Å². The summed E-state index contributed by atoms with van der Waals surface area (Å²) in [6.07, 6.45) is 5.47. The van der Waals surface area contributed by atoms with E-state index in [2.05, 4.69) is 45.2 Å². The topological polar surface area (TPSA) is 66.5 Å². The fourth-order valence-electron chi connectivity index (χ4n) is 2.74. The Balaban J connectivity index is 1.73. The minimum absolute atomic E-state index is 0.583. The van der Waals surface area contributed by atoms with Gasteiger partial charge in [-0.05, 0) is 49.2 Å². The number of pyridine rings is 1. The number of aromatic nitrogens is 4. The highest BCUT2D eigenvalue weighted by molar-refractivity contribution is 5.92. The first kappa shape index (κ1) is 14.4. The summed E-state index contributed by atoms with van der Waals surface area (Å²) in [4.78, 5) is 16.5. The lowest BCUT2D eigenvalue weighted by molar-refractivity contribution is 1.16. The molecule has 0 bridgehead atoms. The molecule has 1 aromatic carbocycles. The first-order chi connectivity index (χ1) is 11.7. The number of aromatic amines is 1. The van der Waals surface area contributed by atoms with Gasteiger partial charge in [0, 0.05) is 35.2 Å². The van der Waals surface area contributed by atoms with Crippen molar-refractivity contribution in [2.24, 2.45) is 0 Å². The third-order valence-corrected chi connectivity index (χ3v) is 4.23. The molecule has 0 saturated heterocycles. The van der Waals surface area contributed by atoms with E-state index in [1.165, 1.54) is 11.1 Å². The minimum Gasteiger partial charge on any atom is -0.345 e. The molecule has 0 spiro atoms. The lowest BCUT2D eigenvalue weighted by Gasteiger charge is -2.10. The van der Waals surface area contributed by atoms with Crippen LogP contribution in [0.3, 0.4) is 0 Å². The summed E-state index contributed by atoms with van der Waals surface area (Å²) in [5.41, 5.74) is 6.19. The number of hydrogen-bond acceptors (Lipinski definition) is 4. The number of rotatable bonds is 3. The van der Waals surface area contributed by atoms with Gasteiger partial charge in [-0.1, -0.05) is 12.1 Å². The van der Waals surface area contributed by atoms with Crippen LogP contribution in [-0.2, 0) is 0 Å². The van der Waals surface area contributed by atoms with Crippen LogP contribution in [0.5, 0.6) is 0 Å². The molecule has 0 unspecified atom stereocenters. The summed E-state index contributed by atoms with van der Waals surface area (Å²) in [5, 5.41) is 4.37. The molecule has 24 heavy (non-hydrogen) atoms. The summed E-state index contributed by atoms with van der Waals surface area (Å²) in [7, 11) is 0. The second kappa shape index (κ2) is 5.77. The van der Waals surface area contributed by atoms with Crippen molar-refractivity contribution in [3.8, 4) is 11.3 Å². The van der Waals surface area contributed by atoms with Crippen LogP contribution < -0.4 is 5.32 Å². The molecule has 118 valence electrons. The Kier molecular flexibility index (Phi) is 3.46. The van der Waals surface area contributed by atoms with E-state index in [0.29, 0.717) is 5.95 Å². The third-order valence-electron chi connectivity index (χ3n) is 4.23. The van der Waals surface area contributed by atoms with Gasteiger partial charge in [-0.2, -0.15) is 0 Å². The molecule has 2 N–H and O–H groups in total. The van der Waals surface area contributed by atoms with Crippen LogP contribution in [0.4, 0.5) is 11.6 Å². The summed E-state index contributed by atoms with van der Waals surface area (Å²) in [6, 6.07) is 12.0. The summed E-state index contributed by atoms with van der Waals surface area (Å²) < 4.78 is 0. The highest BCUT2D eigenvalue weighted by Crippen LogP contribution is 2.27. The van der Waals surface area contributed by atoms with Crippen molar-refractivity contribution in [1.29, 1.82) is 0 Å². The molecule has 5 heteroatoms. The molecular weight excluding hydrogens is 298 g/mol. The number of aryl methyl sites for hydroxylation is 1. The molecular formula is C19H17N5. The van der Waals surface area contributed by atoms with Crippen LogP contribution in [0.1, 0.15) is 11.1 Å². The molecule has 0 saturated carbocycles. The van der Waals surface area contributed by atoms with Crippen molar-refractivity contribution < 1.29 is 0 Å². The van der Waals surface area contributed by atoms with Gasteiger partial charge in [0.15, 0.2) is 0 Å². The van der Waals surface area contributed by atoms with Crippen LogP contribution in [0.25, 0.3) is 22.3 Å². The number of anilines is 2. The zero-order valence-electron chi connectivity index (χ0n) is 13.5. The molecule has 4 aromatic rings. The van der Waals surface area contributed by atoms with Crippen LogP contribution >= 0.6 is 0 Å². The van der Waals surface area contributed by atoms with E-state index >= 15 is 0 Å². The van der Waals surface area contributed by atoms with E-state index < -0.39 is 0 Å². The summed E-state index contributed by atoms with van der Waals surface area (Å²) in [5.74, 6) is 0.583. The molecule has 0 atom stereocenters. The Morgan fingerprint density at radius 2 is 1.88 bits per heavy atom. The maximum atomic E-state index is 4.66. The van der Waals surface area contributed by atoms with Crippen molar-refractivity contribution in [3.63, 3.8) is 0 Å². The van der Waals surface area contributed by atoms with Crippen LogP contribution in [0.2, 0.25) is 0 Å². The standard InChI is InChI=1S/C19H17N5/c1-12-5-3-7-16(13(12)2)23-19-21-10-8-17(24-19)15-11-22-18-14(15)6-4-9-20-18/h3-11H,1-2H3,(H,20,22)(H,21,23,24). The Morgan fingerprint density at radius 3 is 2.79 bits per heavy atom. The number of benzene rings is 1. The monoisotopic (exact) mass is 315 g/mol. The summed E-state index contributed by atoms with van der Waals surface area (Å²) in [6.45, 7) is 4.18. The second-order valence-electron chi connectivity index (χ2n) is 5.74. The van der Waals surface area contributed by atoms with Crippen LogP contribution in [0.15, 0.2) is 55.0 Å². The molecule has 0 aliphatic heterocycles. The number of hydrogen-bond donors (Lipinski definition) is 2. The zero-order valence-corrected chi connectivity index (χ0v) is 13.5. The van der Waals surface area contributed by atoms with Crippen molar-refractivity contribution >= 4 is 22.7 Å². The lowest BCUT2D eigenvalue weighted by Crippen LogP contribution is -2.00. The van der Waals surface area contributed by atoms with E-state index in [1.807, 2.05) is 36.5 Å². The normalized spacial score (nSPS) is 10.9. The maximum absolute atomic E-state index is 4.66. The van der Waals surface area contributed by atoms with E-state index in [-0.39, 0.29) is 0 Å². The van der Waals surface area contributed by atoms with Gasteiger partial charge in [0.2, 0.25) is 5.95 Å². The number of nitrogens with one attached hydrogen (secondary N) is 2. The van der Waals surface area contributed by atoms with E-state index in [4.69, 9.17) is 0 Å². The highest BCUT2D eigenvalue weighted by atomic mass is 15.1. The predicted octanol–water partition coefficient (Wildman–Crippen LogP) is 4.38. The van der Waals surface area contributed by atoms with E-state index in [1.54, 1.807) is 12.4 Å². The molecule has 0 amide bonds. The van der Waals surface area contributed by atoms with E-state index in [0.717, 1.165) is 28.0 Å². The largest absolute Gasteiger partial charge is 0.345 e. The first-order valence-electron chi connectivity index (χ1n) is 7.81. The molecule has 0 fully saturated rings. The first-order valence-corrected chi connectivity index (χ1v) is 7.81. The zero-order chi connectivity index (χ0) is 16.5. The Hall–Kier alpha value is -3.21. The Morgan fingerprint density at radius 1 is 0.958 bits per heavy atom. The van der Waals surface area contributed by atoms with Gasteiger partial charge in [-0.25, -0.2) is 15.0 Å². The average molecular weight is 315 g/mol. The SMILES string of the molecule is Cc1cccc(Nc2nccc(-c3c[nH]c4ncccc34)n2)c1C. The van der Waals surface area contributed by atoms with Crippen LogP contribution in [0, 0.1) is 13.8 Å². The fourth-order valence-corrected chi connectivity index (χ4v) is 2.74. The van der Waals surface area contributed by atoms with Gasteiger partial charge in [0.05, 0.1) is 5.69 Å². The quantitative estimate of drug-likeness (QED) is 0.589. The molecule has 0 aliphatic carbocycles. The van der Waals surface area contributed by atoms with Gasteiger partial charge in [-0.15, -0.1) is 0 Å². The van der Waals surface area contributed by atoms with Crippen molar-refractivity contribution in [3.05, 3.63) is 66.1 Å². The smallest absolute Gasteiger partial charge is 0.227 e. The van der Waals surface area contributed by atoms with Gasteiger partial charge in [0.1, 0.15) is 5.65 Å². The number of fused-ring (bicyclic) bond motifs is 1. The summed E-state index contributed by atoms with van der Waals surface area (Å²) >= 11 is 0. The predicted molar refractivity (Wildman–Crippen MR) is 96.3 cm³/mol. The third kappa shape index (κ3) is 2.50. The molecule has 5 nitrogen and oxygen atoms in total. The number of H-pyrrole nitrogens is 1. The lowest BCUT2D eigenvalue weighted by atomic mass is 10.1. The molecule has 0 aliphatic rings. The van der Waals surface area contributed by atoms with Gasteiger partial charge in [-0.3, -0.25) is 0 Å². The molecule has 3 heterocycles. The number of nitrogens with zero attached hydrogens (tertiary/aromatic N) is 3. The van der Waals surface area contributed by atoms with Crippen LogP contribution in [-0.4, -0.2) is 19.9 Å². The second-order valence-corrected chi connectivity index (χ2v) is 5.74. The van der Waals surface area contributed by atoms with Crippen molar-refractivity contribution in [1.82, 2.24) is 19.9 Å². The molecule has 0 radical (unpaired) electrons. The Bertz CT molecular complexity index is 1020. The van der Waals surface area contributed by atoms with Crippen molar-refractivity contribution in [2.45, 2.75) is 13.8 Å². The van der Waals surface area contributed by atoms with Gasteiger partial charge >= 0.3 is 0 Å². The minimum atomic E-state index is 0.583. The highest BCUT2D eigenvalue weighted by Gasteiger charge is 2.09. The van der Waals surface area contributed by atoms with Gasteiger partial charge in [0.25, 0.3) is 0 Å². The maximum Gasteiger partial charge on any atom is 0.227 e. The molecule has 3 aromatic heterocycles.